The third-order valence-corrected chi connectivity index (χ3v) is 10.7. The second-order valence-corrected chi connectivity index (χ2v) is 14.5. The summed E-state index contributed by atoms with van der Waals surface area (Å²) in [6, 6.07) is 6.44. The largest absolute Gasteiger partial charge is 0.491 e. The molecule has 3 aromatic rings. The maximum atomic E-state index is 14.0. The third-order valence-electron chi connectivity index (χ3n) is 8.07. The van der Waals surface area contributed by atoms with Gasteiger partial charge in [-0.25, -0.2) is 17.8 Å². The van der Waals surface area contributed by atoms with Crippen molar-refractivity contribution < 1.29 is 17.9 Å². The number of hydrogen-bond acceptors (Lipinski definition) is 5. The van der Waals surface area contributed by atoms with Crippen molar-refractivity contribution in [2.24, 2.45) is 0 Å². The van der Waals surface area contributed by atoms with Crippen LogP contribution < -0.4 is 5.76 Å². The standard InChI is InChI=1S/C34H48Cl2N2O5S/c1-6-8-10-12-14-16-18-37(19-17-15-13-11-9-7-2)44(41,42)30-23-27(35)29(22-28(30)36)38-33(39)32(43-34(38)40)31-25(4)20-24(3)21-26(31)5/h20-23,39H,6-19H2,1-5H3. The van der Waals surface area contributed by atoms with E-state index >= 15 is 0 Å². The van der Waals surface area contributed by atoms with E-state index in [9.17, 15) is 18.3 Å². The summed E-state index contributed by atoms with van der Waals surface area (Å²) in [5, 5.41) is 11.0. The zero-order valence-corrected chi connectivity index (χ0v) is 29.2. The van der Waals surface area contributed by atoms with Crippen LogP contribution in [0.25, 0.3) is 17.0 Å². The van der Waals surface area contributed by atoms with Gasteiger partial charge in [0.15, 0.2) is 0 Å². The average molecular weight is 668 g/mol. The van der Waals surface area contributed by atoms with Gasteiger partial charge < -0.3 is 9.52 Å². The topological polar surface area (TPSA) is 92.8 Å². The van der Waals surface area contributed by atoms with E-state index in [-0.39, 0.29) is 26.4 Å². The minimum Gasteiger partial charge on any atom is -0.491 e. The van der Waals surface area contributed by atoms with E-state index in [0.29, 0.717) is 18.7 Å². The summed E-state index contributed by atoms with van der Waals surface area (Å²) in [7, 11) is -3.98. The second kappa shape index (κ2) is 16.9. The molecule has 1 heterocycles. The fourth-order valence-electron chi connectivity index (χ4n) is 5.80. The lowest BCUT2D eigenvalue weighted by molar-refractivity contribution is 0.383. The summed E-state index contributed by atoms with van der Waals surface area (Å²) < 4.78 is 35.9. The van der Waals surface area contributed by atoms with Gasteiger partial charge in [0.1, 0.15) is 4.90 Å². The molecule has 0 aliphatic rings. The average Bonchev–Trinajstić information content (AvgIpc) is 3.24. The van der Waals surface area contributed by atoms with Crippen molar-refractivity contribution in [3.63, 3.8) is 0 Å². The second-order valence-electron chi connectivity index (χ2n) is 11.8. The predicted molar refractivity (Wildman–Crippen MR) is 181 cm³/mol. The molecule has 0 spiro atoms. The van der Waals surface area contributed by atoms with E-state index in [1.807, 2.05) is 32.9 Å². The first-order chi connectivity index (χ1) is 20.9. The molecule has 0 aliphatic carbocycles. The highest BCUT2D eigenvalue weighted by Crippen LogP contribution is 2.39. The summed E-state index contributed by atoms with van der Waals surface area (Å²) in [4.78, 5) is 12.9. The molecule has 0 bridgehead atoms. The smallest absolute Gasteiger partial charge is 0.427 e. The maximum Gasteiger partial charge on any atom is 0.427 e. The van der Waals surface area contributed by atoms with Crippen LogP contribution in [-0.4, -0.2) is 35.5 Å². The highest BCUT2D eigenvalue weighted by Gasteiger charge is 2.29. The summed E-state index contributed by atoms with van der Waals surface area (Å²) in [6.45, 7) is 10.9. The van der Waals surface area contributed by atoms with Gasteiger partial charge in [0, 0.05) is 18.7 Å². The van der Waals surface area contributed by atoms with Crippen molar-refractivity contribution in [2.75, 3.05) is 13.1 Å². The lowest BCUT2D eigenvalue weighted by Crippen LogP contribution is -2.33. The number of aromatic hydroxyl groups is 1. The highest BCUT2D eigenvalue weighted by atomic mass is 35.5. The van der Waals surface area contributed by atoms with Crippen LogP contribution in [0.1, 0.15) is 108 Å². The fourth-order valence-corrected chi connectivity index (χ4v) is 8.15. The Balaban J connectivity index is 1.93. The SMILES string of the molecule is CCCCCCCCN(CCCCCCCC)S(=O)(=O)c1cc(Cl)c(-n2c(O)c(-c3c(C)cc(C)cc3C)oc2=O)cc1Cl. The molecular weight excluding hydrogens is 619 g/mol. The van der Waals surface area contributed by atoms with Crippen molar-refractivity contribution >= 4 is 33.2 Å². The van der Waals surface area contributed by atoms with Crippen molar-refractivity contribution in [1.82, 2.24) is 8.87 Å². The minimum absolute atomic E-state index is 0.0120. The van der Waals surface area contributed by atoms with E-state index in [4.69, 9.17) is 27.6 Å². The summed E-state index contributed by atoms with van der Waals surface area (Å²) >= 11 is 13.2. The molecule has 0 unspecified atom stereocenters. The molecule has 0 radical (unpaired) electrons. The van der Waals surface area contributed by atoms with Crippen LogP contribution in [0.4, 0.5) is 0 Å². The van der Waals surface area contributed by atoms with Crippen LogP contribution in [0.2, 0.25) is 10.0 Å². The van der Waals surface area contributed by atoms with Gasteiger partial charge in [-0.3, -0.25) is 0 Å². The number of unbranched alkanes of at least 4 members (excludes halogenated alkanes) is 10. The van der Waals surface area contributed by atoms with Crippen LogP contribution in [0.15, 0.2) is 38.4 Å². The van der Waals surface area contributed by atoms with Crippen molar-refractivity contribution in [3.05, 3.63) is 61.6 Å². The highest BCUT2D eigenvalue weighted by molar-refractivity contribution is 7.89. The number of sulfonamides is 1. The van der Waals surface area contributed by atoms with Gasteiger partial charge in [-0.15, -0.1) is 0 Å². The van der Waals surface area contributed by atoms with E-state index in [2.05, 4.69) is 13.8 Å². The maximum absolute atomic E-state index is 14.0. The number of benzene rings is 2. The number of halogens is 2. The molecule has 7 nitrogen and oxygen atoms in total. The first-order valence-electron chi connectivity index (χ1n) is 16.0. The van der Waals surface area contributed by atoms with Gasteiger partial charge in [0.25, 0.3) is 0 Å². The van der Waals surface area contributed by atoms with Gasteiger partial charge >= 0.3 is 5.76 Å². The first-order valence-corrected chi connectivity index (χ1v) is 18.2. The Kier molecular flexibility index (Phi) is 13.9. The molecule has 10 heteroatoms. The van der Waals surface area contributed by atoms with Crippen molar-refractivity contribution in [2.45, 2.75) is 117 Å². The Labute approximate surface area is 273 Å². The number of aromatic nitrogens is 1. The lowest BCUT2D eigenvalue weighted by atomic mass is 9.98. The molecule has 0 aliphatic heterocycles. The normalized spacial score (nSPS) is 12.0. The lowest BCUT2D eigenvalue weighted by Gasteiger charge is -2.23. The molecule has 1 aromatic heterocycles. The van der Waals surface area contributed by atoms with Crippen molar-refractivity contribution in [1.29, 1.82) is 0 Å². The summed E-state index contributed by atoms with van der Waals surface area (Å²) in [6.07, 6.45) is 12.6. The van der Waals surface area contributed by atoms with Crippen LogP contribution in [0.3, 0.4) is 0 Å². The quantitative estimate of drug-likeness (QED) is 0.136. The number of oxazole rings is 1. The van der Waals surface area contributed by atoms with Gasteiger partial charge in [-0.2, -0.15) is 4.31 Å². The number of rotatable bonds is 18. The van der Waals surface area contributed by atoms with Crippen LogP contribution >= 0.6 is 23.2 Å². The Morgan fingerprint density at radius 3 is 1.80 bits per heavy atom. The van der Waals surface area contributed by atoms with Crippen LogP contribution in [0.5, 0.6) is 5.88 Å². The zero-order chi connectivity index (χ0) is 32.4. The van der Waals surface area contributed by atoms with Gasteiger partial charge in [0.2, 0.25) is 21.7 Å². The van der Waals surface area contributed by atoms with Gasteiger partial charge in [-0.1, -0.05) is 119 Å². The Morgan fingerprint density at radius 1 is 0.773 bits per heavy atom. The molecule has 0 amide bonds. The molecular formula is C34H48Cl2N2O5S. The number of hydrogen-bond donors (Lipinski definition) is 1. The Bertz CT molecular complexity index is 1520. The number of aryl methyl sites for hydroxylation is 3. The molecule has 2 aromatic carbocycles. The van der Waals surface area contributed by atoms with E-state index in [1.165, 1.54) is 29.3 Å². The molecule has 0 saturated carbocycles. The molecule has 0 atom stereocenters. The third kappa shape index (κ3) is 8.93. The monoisotopic (exact) mass is 666 g/mol. The van der Waals surface area contributed by atoms with E-state index in [0.717, 1.165) is 85.5 Å². The number of nitrogens with zero attached hydrogens (tertiary/aromatic N) is 2. The molecule has 44 heavy (non-hydrogen) atoms. The zero-order valence-electron chi connectivity index (χ0n) is 26.8. The van der Waals surface area contributed by atoms with E-state index in [1.54, 1.807) is 0 Å². The predicted octanol–water partition coefficient (Wildman–Crippen LogP) is 9.75. The summed E-state index contributed by atoms with van der Waals surface area (Å²) in [5.74, 6) is -1.29. The Morgan fingerprint density at radius 2 is 1.27 bits per heavy atom. The first kappa shape index (κ1) is 36.2. The summed E-state index contributed by atoms with van der Waals surface area (Å²) in [5.41, 5.74) is 3.35. The molecule has 1 N–H and O–H groups in total. The van der Waals surface area contributed by atoms with Gasteiger partial charge in [-0.05, 0) is 56.9 Å². The molecule has 244 valence electrons. The van der Waals surface area contributed by atoms with Gasteiger partial charge in [0.05, 0.1) is 15.7 Å². The minimum atomic E-state index is -3.98. The molecule has 0 saturated heterocycles. The molecule has 0 fully saturated rings. The van der Waals surface area contributed by atoms with E-state index < -0.39 is 21.7 Å². The molecule has 3 rings (SSSR count). The Hall–Kier alpha value is -2.26. The fraction of sp³-hybridized carbons (Fsp3) is 0.559. The van der Waals surface area contributed by atoms with Crippen LogP contribution in [-0.2, 0) is 10.0 Å². The van der Waals surface area contributed by atoms with Crippen LogP contribution in [0, 0.1) is 20.8 Å². The van der Waals surface area contributed by atoms with Crippen molar-refractivity contribution in [3.8, 4) is 22.9 Å².